The van der Waals surface area contributed by atoms with Crippen LogP contribution in [0.5, 0.6) is 0 Å². The molecule has 8 nitrogen and oxygen atoms in total. The first-order valence-corrected chi connectivity index (χ1v) is 12.4. The number of rotatable bonds is 9. The molecule has 0 aliphatic carbocycles. The molecule has 3 rings (SSSR count). The first kappa shape index (κ1) is 26.7. The molecule has 190 valence electrons. The van der Waals surface area contributed by atoms with Gasteiger partial charge in [0.05, 0.1) is 18.2 Å². The van der Waals surface area contributed by atoms with Gasteiger partial charge in [-0.25, -0.2) is 0 Å². The molecular weight excluding hydrogens is 454 g/mol. The third-order valence-corrected chi connectivity index (χ3v) is 6.64. The summed E-state index contributed by atoms with van der Waals surface area (Å²) in [5.41, 5.74) is 9.58. The number of nitrogens with one attached hydrogen (secondary N) is 1. The molecule has 1 aliphatic heterocycles. The molecule has 3 amide bonds. The van der Waals surface area contributed by atoms with Crippen molar-refractivity contribution in [2.45, 2.75) is 39.5 Å². The second-order valence-electron chi connectivity index (χ2n) is 9.64. The maximum atomic E-state index is 13.3. The molecule has 1 saturated heterocycles. The second-order valence-corrected chi connectivity index (χ2v) is 9.64. The Kier molecular flexibility index (Phi) is 9.07. The van der Waals surface area contributed by atoms with Crippen molar-refractivity contribution >= 4 is 23.4 Å². The van der Waals surface area contributed by atoms with Gasteiger partial charge in [-0.15, -0.1) is 0 Å². The molecule has 2 aromatic rings. The summed E-state index contributed by atoms with van der Waals surface area (Å²) in [5.74, 6) is -0.340. The lowest BCUT2D eigenvalue weighted by molar-refractivity contribution is -0.123. The quantitative estimate of drug-likeness (QED) is 0.561. The number of amides is 3. The minimum absolute atomic E-state index is 0.00792. The van der Waals surface area contributed by atoms with E-state index in [-0.39, 0.29) is 24.3 Å². The van der Waals surface area contributed by atoms with Crippen LogP contribution in [0.4, 0.5) is 5.69 Å². The van der Waals surface area contributed by atoms with Crippen molar-refractivity contribution in [3.63, 3.8) is 0 Å². The highest BCUT2D eigenvalue weighted by molar-refractivity contribution is 5.95. The van der Waals surface area contributed by atoms with Crippen molar-refractivity contribution in [2.75, 3.05) is 37.6 Å². The van der Waals surface area contributed by atoms with E-state index in [1.54, 1.807) is 0 Å². The van der Waals surface area contributed by atoms with Crippen LogP contribution in [-0.4, -0.2) is 55.3 Å². The molecule has 36 heavy (non-hydrogen) atoms. The Balaban J connectivity index is 1.69. The number of benzene rings is 2. The number of aryl methyl sites for hydroxylation is 1. The molecule has 1 heterocycles. The molecule has 0 unspecified atom stereocenters. The fraction of sp³-hybridized carbons (Fsp3) is 0.429. The zero-order valence-electron chi connectivity index (χ0n) is 21.3. The number of nitrogens with two attached hydrogens (primary N) is 1. The Labute approximate surface area is 213 Å². The average molecular weight is 490 g/mol. The number of anilines is 1. The molecule has 0 atom stereocenters. The Morgan fingerprint density at radius 2 is 1.81 bits per heavy atom. The SMILES string of the molecule is Cc1ccc(C(=O)N2CCC(c3ccc(C#N)cc3)CC2)cc1N(CCNC(=O)C(C)C)CC(N)=O. The van der Waals surface area contributed by atoms with E-state index in [1.807, 2.05) is 73.0 Å². The first-order valence-electron chi connectivity index (χ1n) is 12.4. The van der Waals surface area contributed by atoms with E-state index in [4.69, 9.17) is 11.0 Å². The van der Waals surface area contributed by atoms with Gasteiger partial charge in [0.1, 0.15) is 0 Å². The van der Waals surface area contributed by atoms with Gasteiger partial charge in [-0.05, 0) is 61.1 Å². The summed E-state index contributed by atoms with van der Waals surface area (Å²) in [7, 11) is 0. The van der Waals surface area contributed by atoms with Gasteiger partial charge in [0.2, 0.25) is 11.8 Å². The molecule has 0 radical (unpaired) electrons. The first-order chi connectivity index (χ1) is 17.2. The lowest BCUT2D eigenvalue weighted by Gasteiger charge is -2.33. The number of likely N-dealkylation sites (tertiary alicyclic amines) is 1. The van der Waals surface area contributed by atoms with Crippen LogP contribution in [0.15, 0.2) is 42.5 Å². The Bertz CT molecular complexity index is 1130. The number of hydrogen-bond donors (Lipinski definition) is 2. The molecular formula is C28H35N5O3. The highest BCUT2D eigenvalue weighted by Gasteiger charge is 2.25. The van der Waals surface area contributed by atoms with Crippen molar-refractivity contribution < 1.29 is 14.4 Å². The van der Waals surface area contributed by atoms with Crippen molar-refractivity contribution in [1.29, 1.82) is 5.26 Å². The summed E-state index contributed by atoms with van der Waals surface area (Å²) in [5, 5.41) is 11.9. The van der Waals surface area contributed by atoms with Gasteiger partial charge < -0.3 is 20.9 Å². The highest BCUT2D eigenvalue weighted by Crippen LogP contribution is 2.30. The van der Waals surface area contributed by atoms with Gasteiger partial charge in [-0.2, -0.15) is 5.26 Å². The van der Waals surface area contributed by atoms with Crippen LogP contribution in [0.3, 0.4) is 0 Å². The van der Waals surface area contributed by atoms with Crippen molar-refractivity contribution in [3.8, 4) is 6.07 Å². The lowest BCUT2D eigenvalue weighted by atomic mass is 9.89. The second kappa shape index (κ2) is 12.2. The molecule has 1 fully saturated rings. The standard InChI is InChI=1S/C28H35N5O3/c1-19(2)27(35)31-12-15-33(18-26(30)34)25-16-24(7-4-20(25)3)28(36)32-13-10-23(11-14-32)22-8-5-21(17-29)6-9-22/h4-9,16,19,23H,10-15,18H2,1-3H3,(H2,30,34)(H,31,35). The van der Waals surface area contributed by atoms with E-state index in [0.717, 1.165) is 24.1 Å². The van der Waals surface area contributed by atoms with E-state index >= 15 is 0 Å². The number of piperidine rings is 1. The smallest absolute Gasteiger partial charge is 0.253 e. The van der Waals surface area contributed by atoms with Crippen LogP contribution >= 0.6 is 0 Å². The number of primary amides is 1. The van der Waals surface area contributed by atoms with Gasteiger partial charge in [0, 0.05) is 43.3 Å². The maximum absolute atomic E-state index is 13.3. The van der Waals surface area contributed by atoms with Crippen LogP contribution in [-0.2, 0) is 9.59 Å². The van der Waals surface area contributed by atoms with Gasteiger partial charge in [-0.3, -0.25) is 14.4 Å². The van der Waals surface area contributed by atoms with E-state index in [9.17, 15) is 14.4 Å². The summed E-state index contributed by atoms with van der Waals surface area (Å²) < 4.78 is 0. The third-order valence-electron chi connectivity index (χ3n) is 6.64. The average Bonchev–Trinajstić information content (AvgIpc) is 2.88. The van der Waals surface area contributed by atoms with Crippen LogP contribution < -0.4 is 16.0 Å². The largest absolute Gasteiger partial charge is 0.368 e. The molecule has 0 saturated carbocycles. The van der Waals surface area contributed by atoms with Gasteiger partial charge in [0.15, 0.2) is 0 Å². The number of carbonyl (C=O) groups is 3. The molecule has 0 aromatic heterocycles. The molecule has 1 aliphatic rings. The van der Waals surface area contributed by atoms with E-state index in [0.29, 0.717) is 43.2 Å². The summed E-state index contributed by atoms with van der Waals surface area (Å²) in [4.78, 5) is 40.7. The van der Waals surface area contributed by atoms with Crippen LogP contribution in [0.25, 0.3) is 0 Å². The number of hydrogen-bond acceptors (Lipinski definition) is 5. The number of nitriles is 1. The zero-order chi connectivity index (χ0) is 26.2. The van der Waals surface area contributed by atoms with Crippen molar-refractivity contribution in [3.05, 3.63) is 64.7 Å². The van der Waals surface area contributed by atoms with E-state index in [1.165, 1.54) is 5.56 Å². The van der Waals surface area contributed by atoms with Crippen LogP contribution in [0, 0.1) is 24.2 Å². The van der Waals surface area contributed by atoms with E-state index < -0.39 is 5.91 Å². The minimum atomic E-state index is -0.480. The molecule has 0 bridgehead atoms. The zero-order valence-corrected chi connectivity index (χ0v) is 21.3. The molecule has 0 spiro atoms. The third kappa shape index (κ3) is 6.85. The Hall–Kier alpha value is -3.86. The summed E-state index contributed by atoms with van der Waals surface area (Å²) >= 11 is 0. The van der Waals surface area contributed by atoms with Gasteiger partial charge >= 0.3 is 0 Å². The minimum Gasteiger partial charge on any atom is -0.368 e. The summed E-state index contributed by atoms with van der Waals surface area (Å²) in [6.45, 7) is 7.63. The number of carbonyl (C=O) groups excluding carboxylic acids is 3. The summed E-state index contributed by atoms with van der Waals surface area (Å²) in [6.07, 6.45) is 1.72. The fourth-order valence-corrected chi connectivity index (χ4v) is 4.50. The topological polar surface area (TPSA) is 120 Å². The molecule has 3 N–H and O–H groups in total. The van der Waals surface area contributed by atoms with Crippen LogP contribution in [0.1, 0.15) is 59.7 Å². The molecule has 2 aromatic carbocycles. The molecule has 8 heteroatoms. The van der Waals surface area contributed by atoms with Crippen molar-refractivity contribution in [2.24, 2.45) is 11.7 Å². The Morgan fingerprint density at radius 3 is 2.39 bits per heavy atom. The monoisotopic (exact) mass is 489 g/mol. The van der Waals surface area contributed by atoms with Crippen molar-refractivity contribution in [1.82, 2.24) is 10.2 Å². The number of nitrogens with zero attached hydrogens (tertiary/aromatic N) is 3. The normalized spacial score (nSPS) is 13.8. The van der Waals surface area contributed by atoms with Gasteiger partial charge in [0.25, 0.3) is 5.91 Å². The summed E-state index contributed by atoms with van der Waals surface area (Å²) in [6, 6.07) is 15.3. The predicted octanol–water partition coefficient (Wildman–Crippen LogP) is 2.95. The lowest BCUT2D eigenvalue weighted by Crippen LogP contribution is -2.41. The maximum Gasteiger partial charge on any atom is 0.253 e. The highest BCUT2D eigenvalue weighted by atomic mass is 16.2. The van der Waals surface area contributed by atoms with Gasteiger partial charge in [-0.1, -0.05) is 32.0 Å². The predicted molar refractivity (Wildman–Crippen MR) is 139 cm³/mol. The van der Waals surface area contributed by atoms with Crippen LogP contribution in [0.2, 0.25) is 0 Å². The van der Waals surface area contributed by atoms with E-state index in [2.05, 4.69) is 11.4 Å². The fourth-order valence-electron chi connectivity index (χ4n) is 4.50. The Morgan fingerprint density at radius 1 is 1.14 bits per heavy atom.